The van der Waals surface area contributed by atoms with Crippen LogP contribution in [-0.4, -0.2) is 28.0 Å². The summed E-state index contributed by atoms with van der Waals surface area (Å²) >= 11 is 8.64. The van der Waals surface area contributed by atoms with Gasteiger partial charge in [-0.25, -0.2) is 4.79 Å². The average molecular weight is 537 g/mol. The first-order valence-corrected chi connectivity index (χ1v) is 11.2. The van der Waals surface area contributed by atoms with Crippen LogP contribution >= 0.6 is 28.1 Å². The molecule has 1 heterocycles. The normalized spacial score (nSPS) is 14.8. The van der Waals surface area contributed by atoms with Crippen molar-refractivity contribution >= 4 is 62.8 Å². The number of anilines is 1. The van der Waals surface area contributed by atoms with Gasteiger partial charge in [-0.15, -0.1) is 0 Å². The lowest BCUT2D eigenvalue weighted by Gasteiger charge is -2.29. The van der Waals surface area contributed by atoms with Crippen LogP contribution in [0.5, 0.6) is 5.75 Å². The molecule has 1 aliphatic rings. The Balaban J connectivity index is 1.59. The van der Waals surface area contributed by atoms with E-state index >= 15 is 0 Å². The highest BCUT2D eigenvalue weighted by atomic mass is 79.9. The van der Waals surface area contributed by atoms with E-state index in [2.05, 4.69) is 21.2 Å². The standard InChI is InChI=1S/C25H17BrN2O5S/c26-20-12-16(9-10-21(20)33-14-15-5-2-1-3-6-15)11-19-22(29)27-25(34)28(23(19)30)18-8-4-7-17(13-18)24(31)32/h1-13H,14H2,(H,31,32)(H,27,29,34). The number of carboxylic acid groups (broad SMARTS) is 1. The fourth-order valence-electron chi connectivity index (χ4n) is 3.30. The van der Waals surface area contributed by atoms with E-state index in [4.69, 9.17) is 17.0 Å². The maximum absolute atomic E-state index is 13.2. The fourth-order valence-corrected chi connectivity index (χ4v) is 4.09. The summed E-state index contributed by atoms with van der Waals surface area (Å²) < 4.78 is 6.50. The predicted octanol–water partition coefficient (Wildman–Crippen LogP) is 4.56. The van der Waals surface area contributed by atoms with Crippen molar-refractivity contribution in [1.82, 2.24) is 5.32 Å². The molecule has 1 saturated heterocycles. The molecule has 3 aromatic carbocycles. The third-order valence-electron chi connectivity index (χ3n) is 4.96. The van der Waals surface area contributed by atoms with Crippen LogP contribution in [0.2, 0.25) is 0 Å². The first kappa shape index (κ1) is 23.3. The third-order valence-corrected chi connectivity index (χ3v) is 5.86. The largest absolute Gasteiger partial charge is 0.488 e. The number of hydrogen-bond acceptors (Lipinski definition) is 5. The molecule has 2 amide bonds. The Morgan fingerprint density at radius 1 is 1.06 bits per heavy atom. The number of nitrogens with one attached hydrogen (secondary N) is 1. The Bertz CT molecular complexity index is 1340. The van der Waals surface area contributed by atoms with E-state index < -0.39 is 17.8 Å². The Morgan fingerprint density at radius 3 is 2.53 bits per heavy atom. The number of nitrogens with zero attached hydrogens (tertiary/aromatic N) is 1. The van der Waals surface area contributed by atoms with Gasteiger partial charge in [-0.1, -0.05) is 42.5 Å². The number of amides is 2. The summed E-state index contributed by atoms with van der Waals surface area (Å²) in [7, 11) is 0. The molecule has 2 N–H and O–H groups in total. The summed E-state index contributed by atoms with van der Waals surface area (Å²) in [6, 6.07) is 20.7. The van der Waals surface area contributed by atoms with Crippen molar-refractivity contribution in [2.24, 2.45) is 0 Å². The minimum absolute atomic E-state index is 0.00875. The summed E-state index contributed by atoms with van der Waals surface area (Å²) in [5.74, 6) is -1.83. The molecule has 0 aliphatic carbocycles. The lowest BCUT2D eigenvalue weighted by Crippen LogP contribution is -2.54. The molecule has 1 aliphatic heterocycles. The highest BCUT2D eigenvalue weighted by molar-refractivity contribution is 9.10. The fraction of sp³-hybridized carbons (Fsp3) is 0.0400. The zero-order valence-electron chi connectivity index (χ0n) is 17.5. The van der Waals surface area contributed by atoms with Gasteiger partial charge >= 0.3 is 5.97 Å². The number of carbonyl (C=O) groups is 3. The monoisotopic (exact) mass is 536 g/mol. The number of hydrogen-bond donors (Lipinski definition) is 2. The van der Waals surface area contributed by atoms with Crippen LogP contribution in [0.15, 0.2) is 82.8 Å². The van der Waals surface area contributed by atoms with Crippen LogP contribution in [0.1, 0.15) is 21.5 Å². The molecule has 0 bridgehead atoms. The van der Waals surface area contributed by atoms with E-state index in [9.17, 15) is 19.5 Å². The number of thiocarbonyl (C=S) groups is 1. The highest BCUT2D eigenvalue weighted by Gasteiger charge is 2.34. The van der Waals surface area contributed by atoms with Crippen LogP contribution in [0.4, 0.5) is 5.69 Å². The molecule has 1 fully saturated rings. The Morgan fingerprint density at radius 2 is 1.82 bits per heavy atom. The van der Waals surface area contributed by atoms with Crippen LogP contribution in [0.3, 0.4) is 0 Å². The summed E-state index contributed by atoms with van der Waals surface area (Å²) in [6.45, 7) is 0.391. The quantitative estimate of drug-likeness (QED) is 0.272. The third kappa shape index (κ3) is 5.05. The van der Waals surface area contributed by atoms with Gasteiger partial charge < -0.3 is 9.84 Å². The predicted molar refractivity (Wildman–Crippen MR) is 135 cm³/mol. The highest BCUT2D eigenvalue weighted by Crippen LogP contribution is 2.29. The SMILES string of the molecule is O=C1NC(=S)N(c2cccc(C(=O)O)c2)C(=O)C1=Cc1ccc(OCc2ccccc2)c(Br)c1. The molecule has 0 unspecified atom stereocenters. The molecule has 4 rings (SSSR count). The van der Waals surface area contributed by atoms with E-state index in [0.29, 0.717) is 22.4 Å². The number of halogens is 1. The second-order valence-electron chi connectivity index (χ2n) is 7.28. The maximum Gasteiger partial charge on any atom is 0.335 e. The molecule has 0 atom stereocenters. The minimum atomic E-state index is -1.14. The molecular weight excluding hydrogens is 520 g/mol. The maximum atomic E-state index is 13.2. The van der Waals surface area contributed by atoms with Gasteiger partial charge in [0.1, 0.15) is 17.9 Å². The summed E-state index contributed by atoms with van der Waals surface area (Å²) in [4.78, 5) is 38.1. The summed E-state index contributed by atoms with van der Waals surface area (Å²) in [6.07, 6.45) is 1.44. The molecule has 0 radical (unpaired) electrons. The molecule has 0 spiro atoms. The molecule has 0 aromatic heterocycles. The van der Waals surface area contributed by atoms with Gasteiger partial charge in [0, 0.05) is 0 Å². The van der Waals surface area contributed by atoms with E-state index in [1.165, 1.54) is 24.3 Å². The van der Waals surface area contributed by atoms with Crippen molar-refractivity contribution in [3.63, 3.8) is 0 Å². The Kier molecular flexibility index (Phi) is 6.85. The van der Waals surface area contributed by atoms with Gasteiger partial charge in [-0.3, -0.25) is 19.8 Å². The van der Waals surface area contributed by atoms with Crippen LogP contribution in [-0.2, 0) is 16.2 Å². The van der Waals surface area contributed by atoms with Crippen molar-refractivity contribution in [2.75, 3.05) is 4.90 Å². The minimum Gasteiger partial charge on any atom is -0.488 e. The van der Waals surface area contributed by atoms with Crippen molar-refractivity contribution in [3.8, 4) is 5.75 Å². The van der Waals surface area contributed by atoms with Gasteiger partial charge in [-0.2, -0.15) is 0 Å². The number of rotatable bonds is 6. The lowest BCUT2D eigenvalue weighted by molar-refractivity contribution is -0.122. The van der Waals surface area contributed by atoms with Gasteiger partial charge in [-0.05, 0) is 75.7 Å². The Labute approximate surface area is 208 Å². The molecular formula is C25H17BrN2O5S. The molecule has 170 valence electrons. The molecule has 34 heavy (non-hydrogen) atoms. The summed E-state index contributed by atoms with van der Waals surface area (Å²) in [5, 5.41) is 11.6. The number of aromatic carboxylic acids is 1. The first-order valence-electron chi connectivity index (χ1n) is 10.0. The van der Waals surface area contributed by atoms with Crippen LogP contribution in [0.25, 0.3) is 6.08 Å². The van der Waals surface area contributed by atoms with Crippen molar-refractivity contribution in [1.29, 1.82) is 0 Å². The molecule has 9 heteroatoms. The number of carbonyl (C=O) groups excluding carboxylic acids is 2. The second kappa shape index (κ2) is 9.98. The second-order valence-corrected chi connectivity index (χ2v) is 8.52. The van der Waals surface area contributed by atoms with Crippen molar-refractivity contribution in [3.05, 3.63) is 99.5 Å². The summed E-state index contributed by atoms with van der Waals surface area (Å²) in [5.41, 5.74) is 1.70. The van der Waals surface area contributed by atoms with Gasteiger partial charge in [0.25, 0.3) is 11.8 Å². The van der Waals surface area contributed by atoms with E-state index in [1.807, 2.05) is 30.3 Å². The average Bonchev–Trinajstić information content (AvgIpc) is 2.82. The molecule has 0 saturated carbocycles. The smallest absolute Gasteiger partial charge is 0.335 e. The van der Waals surface area contributed by atoms with Gasteiger partial charge in [0.05, 0.1) is 15.7 Å². The van der Waals surface area contributed by atoms with Crippen molar-refractivity contribution < 1.29 is 24.2 Å². The van der Waals surface area contributed by atoms with E-state index in [0.717, 1.165) is 10.5 Å². The van der Waals surface area contributed by atoms with Gasteiger partial charge in [0.15, 0.2) is 5.11 Å². The zero-order chi connectivity index (χ0) is 24.2. The van der Waals surface area contributed by atoms with Crippen LogP contribution < -0.4 is 15.0 Å². The number of carboxylic acids is 1. The number of benzene rings is 3. The van der Waals surface area contributed by atoms with Gasteiger partial charge in [0.2, 0.25) is 0 Å². The van der Waals surface area contributed by atoms with Crippen LogP contribution in [0, 0.1) is 0 Å². The molecule has 3 aromatic rings. The first-order chi connectivity index (χ1) is 16.3. The topological polar surface area (TPSA) is 95.9 Å². The zero-order valence-corrected chi connectivity index (χ0v) is 19.9. The Hall–Kier alpha value is -3.82. The van der Waals surface area contributed by atoms with E-state index in [-0.39, 0.29) is 21.9 Å². The number of ether oxygens (including phenoxy) is 1. The van der Waals surface area contributed by atoms with E-state index in [1.54, 1.807) is 24.3 Å². The van der Waals surface area contributed by atoms with Crippen molar-refractivity contribution in [2.45, 2.75) is 6.61 Å². The molecule has 7 nitrogen and oxygen atoms in total. The lowest BCUT2D eigenvalue weighted by atomic mass is 10.1.